The van der Waals surface area contributed by atoms with E-state index in [9.17, 15) is 0 Å². The molecule has 5 nitrogen and oxygen atoms in total. The first-order valence-corrected chi connectivity index (χ1v) is 11.3. The molecule has 0 fully saturated rings. The molecule has 0 radical (unpaired) electrons. The molecular formula is C29H23N5. The van der Waals surface area contributed by atoms with Gasteiger partial charge in [-0.15, -0.1) is 10.2 Å². The van der Waals surface area contributed by atoms with Crippen LogP contribution in [0.2, 0.25) is 0 Å². The molecule has 2 aromatic heterocycles. The van der Waals surface area contributed by atoms with E-state index in [-0.39, 0.29) is 0 Å². The van der Waals surface area contributed by atoms with Gasteiger partial charge in [0.15, 0.2) is 5.82 Å². The van der Waals surface area contributed by atoms with E-state index in [0.29, 0.717) is 0 Å². The van der Waals surface area contributed by atoms with Crippen LogP contribution in [0.25, 0.3) is 50.4 Å². The average molecular weight is 442 g/mol. The molecule has 0 saturated heterocycles. The third-order valence-corrected chi connectivity index (χ3v) is 6.36. The van der Waals surface area contributed by atoms with Gasteiger partial charge in [-0.05, 0) is 36.2 Å². The summed E-state index contributed by atoms with van der Waals surface area (Å²) in [4.78, 5) is 4.64. The van der Waals surface area contributed by atoms with Crippen LogP contribution in [0.3, 0.4) is 0 Å². The number of aromatic nitrogens is 5. The van der Waals surface area contributed by atoms with Crippen molar-refractivity contribution < 1.29 is 0 Å². The van der Waals surface area contributed by atoms with E-state index in [1.165, 1.54) is 0 Å². The van der Waals surface area contributed by atoms with Gasteiger partial charge in [-0.2, -0.15) is 0 Å². The summed E-state index contributed by atoms with van der Waals surface area (Å²) in [6.45, 7) is 2.02. The summed E-state index contributed by atoms with van der Waals surface area (Å²) in [6, 6.07) is 33.6. The zero-order valence-corrected chi connectivity index (χ0v) is 19.1. The molecule has 6 rings (SSSR count). The Kier molecular flexibility index (Phi) is 4.81. The lowest BCUT2D eigenvalue weighted by Gasteiger charge is -2.18. The third kappa shape index (κ3) is 3.30. The minimum atomic E-state index is 0.793. The van der Waals surface area contributed by atoms with Crippen molar-refractivity contribution in [3.05, 3.63) is 109 Å². The smallest absolute Gasteiger partial charge is 0.168 e. The first-order chi connectivity index (χ1) is 16.7. The predicted octanol–water partition coefficient (Wildman–Crippen LogP) is 6.46. The van der Waals surface area contributed by atoms with Crippen molar-refractivity contribution in [2.24, 2.45) is 7.05 Å². The van der Waals surface area contributed by atoms with Crippen LogP contribution < -0.4 is 0 Å². The van der Waals surface area contributed by atoms with E-state index in [2.05, 4.69) is 109 Å². The Morgan fingerprint density at radius 3 is 1.97 bits per heavy atom. The van der Waals surface area contributed by atoms with Gasteiger partial charge in [0.1, 0.15) is 12.2 Å². The quantitative estimate of drug-likeness (QED) is 0.315. The molecule has 6 aromatic rings. The van der Waals surface area contributed by atoms with Crippen molar-refractivity contribution in [1.29, 1.82) is 0 Å². The maximum atomic E-state index is 4.64. The highest BCUT2D eigenvalue weighted by atomic mass is 15.3. The van der Waals surface area contributed by atoms with Crippen molar-refractivity contribution in [2.45, 2.75) is 6.92 Å². The van der Waals surface area contributed by atoms with Gasteiger partial charge in [0.25, 0.3) is 0 Å². The molecule has 4 aromatic carbocycles. The lowest BCUT2D eigenvalue weighted by atomic mass is 9.95. The van der Waals surface area contributed by atoms with Gasteiger partial charge in [-0.25, -0.2) is 4.98 Å². The Balaban J connectivity index is 1.62. The molecule has 0 aliphatic carbocycles. The topological polar surface area (TPSA) is 48.5 Å². The first-order valence-electron chi connectivity index (χ1n) is 11.3. The monoisotopic (exact) mass is 441 g/mol. The van der Waals surface area contributed by atoms with Gasteiger partial charge in [0.05, 0.1) is 16.7 Å². The maximum absolute atomic E-state index is 4.64. The molecule has 0 unspecified atom stereocenters. The summed E-state index contributed by atoms with van der Waals surface area (Å²) < 4.78 is 4.21. The molecule has 0 atom stereocenters. The summed E-state index contributed by atoms with van der Waals surface area (Å²) in [6.07, 6.45) is 1.81. The van der Waals surface area contributed by atoms with Crippen LogP contribution >= 0.6 is 0 Å². The van der Waals surface area contributed by atoms with Gasteiger partial charge in [-0.1, -0.05) is 78.9 Å². The van der Waals surface area contributed by atoms with Crippen LogP contribution in [-0.4, -0.2) is 24.3 Å². The number of imidazole rings is 1. The standard InChI is InChI=1S/C29H23N5/c1-20-31-26-17-16-23(18-27(26)33(20)2)29-32-30-19-34(29)28-24(21-10-5-3-6-11-21)14-9-15-25(28)22-12-7-4-8-13-22/h3-19H,1-2H3. The molecular weight excluding hydrogens is 418 g/mol. The van der Waals surface area contributed by atoms with Crippen LogP contribution in [-0.2, 0) is 7.05 Å². The fourth-order valence-electron chi connectivity index (χ4n) is 4.55. The van der Waals surface area contributed by atoms with E-state index in [0.717, 1.165) is 56.2 Å². The number of para-hydroxylation sites is 1. The summed E-state index contributed by atoms with van der Waals surface area (Å²) in [5.74, 6) is 1.77. The van der Waals surface area contributed by atoms with E-state index in [1.807, 2.05) is 32.4 Å². The first kappa shape index (κ1) is 20.1. The summed E-state index contributed by atoms with van der Waals surface area (Å²) >= 11 is 0. The zero-order chi connectivity index (χ0) is 23.1. The van der Waals surface area contributed by atoms with Crippen molar-refractivity contribution in [3.63, 3.8) is 0 Å². The van der Waals surface area contributed by atoms with E-state index >= 15 is 0 Å². The van der Waals surface area contributed by atoms with Gasteiger partial charge in [0.2, 0.25) is 0 Å². The highest BCUT2D eigenvalue weighted by Gasteiger charge is 2.19. The van der Waals surface area contributed by atoms with Gasteiger partial charge in [-0.3, -0.25) is 4.57 Å². The molecule has 0 bridgehead atoms. The number of fused-ring (bicyclic) bond motifs is 1. The number of hydrogen-bond donors (Lipinski definition) is 0. The van der Waals surface area contributed by atoms with Crippen LogP contribution in [0.5, 0.6) is 0 Å². The summed E-state index contributed by atoms with van der Waals surface area (Å²) in [5.41, 5.74) is 8.64. The van der Waals surface area contributed by atoms with Crippen molar-refractivity contribution in [3.8, 4) is 39.3 Å². The third-order valence-electron chi connectivity index (χ3n) is 6.36. The molecule has 2 heterocycles. The Morgan fingerprint density at radius 1 is 0.676 bits per heavy atom. The van der Waals surface area contributed by atoms with E-state index in [1.54, 1.807) is 0 Å². The maximum Gasteiger partial charge on any atom is 0.168 e. The van der Waals surface area contributed by atoms with Crippen molar-refractivity contribution in [2.75, 3.05) is 0 Å². The number of rotatable bonds is 4. The van der Waals surface area contributed by atoms with Crippen LogP contribution in [0, 0.1) is 6.92 Å². The number of nitrogens with zero attached hydrogens (tertiary/aromatic N) is 5. The SMILES string of the molecule is Cc1nc2ccc(-c3nncn3-c3c(-c4ccccc4)cccc3-c3ccccc3)cc2n1C. The van der Waals surface area contributed by atoms with Crippen LogP contribution in [0.4, 0.5) is 0 Å². The van der Waals surface area contributed by atoms with Gasteiger partial charge >= 0.3 is 0 Å². The largest absolute Gasteiger partial charge is 0.331 e. The molecule has 0 saturated carbocycles. The Bertz CT molecular complexity index is 1550. The average Bonchev–Trinajstić information content (AvgIpc) is 3.49. The normalized spacial score (nSPS) is 11.2. The highest BCUT2D eigenvalue weighted by molar-refractivity contribution is 5.87. The highest BCUT2D eigenvalue weighted by Crippen LogP contribution is 2.37. The molecule has 0 aliphatic heterocycles. The van der Waals surface area contributed by atoms with Crippen LogP contribution in [0.15, 0.2) is 103 Å². The molecule has 34 heavy (non-hydrogen) atoms. The Labute approximate surface area is 198 Å². The van der Waals surface area contributed by atoms with Crippen molar-refractivity contribution in [1.82, 2.24) is 24.3 Å². The number of hydrogen-bond acceptors (Lipinski definition) is 3. The second kappa shape index (κ2) is 8.12. The molecule has 0 aliphatic rings. The molecule has 5 heteroatoms. The Hall–Kier alpha value is -4.51. The zero-order valence-electron chi connectivity index (χ0n) is 19.1. The molecule has 0 spiro atoms. The summed E-state index contributed by atoms with van der Waals surface area (Å²) in [5, 5.41) is 8.90. The van der Waals surface area contributed by atoms with E-state index in [4.69, 9.17) is 0 Å². The lowest BCUT2D eigenvalue weighted by Crippen LogP contribution is -2.02. The molecule has 0 amide bonds. The van der Waals surface area contributed by atoms with Crippen LogP contribution in [0.1, 0.15) is 5.82 Å². The predicted molar refractivity (Wildman–Crippen MR) is 137 cm³/mol. The number of aryl methyl sites for hydroxylation is 2. The van der Waals surface area contributed by atoms with Crippen molar-refractivity contribution >= 4 is 11.0 Å². The summed E-state index contributed by atoms with van der Waals surface area (Å²) in [7, 11) is 2.04. The lowest BCUT2D eigenvalue weighted by molar-refractivity contribution is 0.886. The number of benzene rings is 4. The minimum Gasteiger partial charge on any atom is -0.331 e. The second-order valence-corrected chi connectivity index (χ2v) is 8.38. The second-order valence-electron chi connectivity index (χ2n) is 8.38. The van der Waals surface area contributed by atoms with E-state index < -0.39 is 0 Å². The molecule has 0 N–H and O–H groups in total. The van der Waals surface area contributed by atoms with Gasteiger partial charge < -0.3 is 4.57 Å². The van der Waals surface area contributed by atoms with Gasteiger partial charge in [0, 0.05) is 23.7 Å². The minimum absolute atomic E-state index is 0.793. The molecule has 164 valence electrons. The fraction of sp³-hybridized carbons (Fsp3) is 0.0690. The fourth-order valence-corrected chi connectivity index (χ4v) is 4.55. The Morgan fingerprint density at radius 2 is 1.32 bits per heavy atom.